The molecule has 7 nitrogen and oxygen atoms in total. The Kier molecular flexibility index (Phi) is 4.57. The largest absolute Gasteiger partial charge is 0.481 e. The molecule has 0 spiro atoms. The third kappa shape index (κ3) is 3.40. The molecule has 7 heteroatoms. The maximum Gasteiger partial charge on any atom is 0.333 e. The van der Waals surface area contributed by atoms with Crippen molar-refractivity contribution in [2.45, 2.75) is 12.5 Å². The highest BCUT2D eigenvalue weighted by atomic mass is 16.5. The van der Waals surface area contributed by atoms with E-state index in [1.165, 1.54) is 0 Å². The van der Waals surface area contributed by atoms with E-state index in [1.54, 1.807) is 0 Å². The summed E-state index contributed by atoms with van der Waals surface area (Å²) in [5.74, 6) is -5.99. The summed E-state index contributed by atoms with van der Waals surface area (Å²) in [6, 6.07) is 0. The van der Waals surface area contributed by atoms with E-state index < -0.39 is 36.4 Å². The van der Waals surface area contributed by atoms with Gasteiger partial charge >= 0.3 is 17.9 Å². The monoisotopic (exact) mass is 206 g/mol. The second-order valence-corrected chi connectivity index (χ2v) is 2.54. The topological polar surface area (TPSA) is 121 Å². The number of carbonyl (C=O) groups is 3. The molecule has 0 rings (SSSR count). The van der Waals surface area contributed by atoms with Crippen LogP contribution in [-0.4, -0.2) is 46.4 Å². The molecular formula is C7H10O7. The molecule has 0 aliphatic heterocycles. The Hall–Kier alpha value is -1.63. The van der Waals surface area contributed by atoms with Gasteiger partial charge in [0.15, 0.2) is 6.10 Å². The van der Waals surface area contributed by atoms with Crippen LogP contribution in [0.2, 0.25) is 0 Å². The third-order valence-corrected chi connectivity index (χ3v) is 1.57. The van der Waals surface area contributed by atoms with Crippen LogP contribution in [0.15, 0.2) is 0 Å². The second kappa shape index (κ2) is 5.18. The van der Waals surface area contributed by atoms with Gasteiger partial charge in [0.2, 0.25) is 0 Å². The predicted octanol–water partition coefficient (Wildman–Crippen LogP) is -0.738. The lowest BCUT2D eigenvalue weighted by molar-refractivity contribution is -0.164. The van der Waals surface area contributed by atoms with E-state index in [1.807, 2.05) is 0 Å². The highest BCUT2D eigenvalue weighted by Gasteiger charge is 2.35. The number of methoxy groups -OCH3 is 1. The molecule has 0 heterocycles. The van der Waals surface area contributed by atoms with Gasteiger partial charge in [-0.2, -0.15) is 0 Å². The van der Waals surface area contributed by atoms with Crippen LogP contribution < -0.4 is 0 Å². The van der Waals surface area contributed by atoms with Gasteiger partial charge in [-0.1, -0.05) is 0 Å². The Labute approximate surface area is 78.9 Å². The van der Waals surface area contributed by atoms with Gasteiger partial charge in [0.05, 0.1) is 6.42 Å². The van der Waals surface area contributed by atoms with E-state index in [-0.39, 0.29) is 0 Å². The number of aliphatic carboxylic acids is 3. The van der Waals surface area contributed by atoms with Crippen molar-refractivity contribution in [1.29, 1.82) is 0 Å². The minimum Gasteiger partial charge on any atom is -0.481 e. The molecule has 2 atom stereocenters. The fourth-order valence-corrected chi connectivity index (χ4v) is 0.949. The van der Waals surface area contributed by atoms with Crippen molar-refractivity contribution in [3.05, 3.63) is 0 Å². The second-order valence-electron chi connectivity index (χ2n) is 2.54. The summed E-state index contributed by atoms with van der Waals surface area (Å²) in [4.78, 5) is 31.3. The van der Waals surface area contributed by atoms with Gasteiger partial charge in [0, 0.05) is 7.11 Å². The van der Waals surface area contributed by atoms with E-state index in [0.717, 1.165) is 7.11 Å². The number of hydrogen-bond donors (Lipinski definition) is 3. The van der Waals surface area contributed by atoms with Crippen LogP contribution in [0.5, 0.6) is 0 Å². The molecule has 2 unspecified atom stereocenters. The minimum atomic E-state index is -1.65. The van der Waals surface area contributed by atoms with E-state index in [0.29, 0.717) is 0 Å². The molecule has 80 valence electrons. The van der Waals surface area contributed by atoms with Crippen molar-refractivity contribution in [2.75, 3.05) is 7.11 Å². The van der Waals surface area contributed by atoms with Crippen molar-refractivity contribution < 1.29 is 34.4 Å². The first-order valence-corrected chi connectivity index (χ1v) is 3.60. The molecule has 0 saturated carbocycles. The zero-order valence-corrected chi connectivity index (χ0v) is 7.34. The minimum absolute atomic E-state index is 0.792. The van der Waals surface area contributed by atoms with Crippen LogP contribution in [0.4, 0.5) is 0 Å². The van der Waals surface area contributed by atoms with Crippen molar-refractivity contribution in [1.82, 2.24) is 0 Å². The summed E-state index contributed by atoms with van der Waals surface area (Å²) >= 11 is 0. The fraction of sp³-hybridized carbons (Fsp3) is 0.571. The van der Waals surface area contributed by atoms with Crippen LogP contribution in [-0.2, 0) is 19.1 Å². The average Bonchev–Trinajstić information content (AvgIpc) is 2.02. The van der Waals surface area contributed by atoms with Gasteiger partial charge in [0.1, 0.15) is 5.92 Å². The van der Waals surface area contributed by atoms with Crippen molar-refractivity contribution in [3.63, 3.8) is 0 Å². The number of ether oxygens (including phenoxy) is 1. The van der Waals surface area contributed by atoms with Crippen molar-refractivity contribution in [3.8, 4) is 0 Å². The zero-order chi connectivity index (χ0) is 11.3. The van der Waals surface area contributed by atoms with Gasteiger partial charge in [0.25, 0.3) is 0 Å². The maximum atomic E-state index is 10.5. The van der Waals surface area contributed by atoms with Gasteiger partial charge in [-0.3, -0.25) is 9.59 Å². The highest BCUT2D eigenvalue weighted by molar-refractivity contribution is 5.85. The maximum absolute atomic E-state index is 10.5. The van der Waals surface area contributed by atoms with E-state index in [9.17, 15) is 14.4 Å². The molecular weight excluding hydrogens is 196 g/mol. The van der Waals surface area contributed by atoms with Crippen LogP contribution >= 0.6 is 0 Å². The molecule has 0 fully saturated rings. The SMILES string of the molecule is COC(C(=O)O)C(CC(=O)O)C(=O)O. The predicted molar refractivity (Wildman–Crippen MR) is 41.8 cm³/mol. The van der Waals surface area contributed by atoms with E-state index in [4.69, 9.17) is 15.3 Å². The lowest BCUT2D eigenvalue weighted by Gasteiger charge is -2.16. The zero-order valence-electron chi connectivity index (χ0n) is 7.34. The van der Waals surface area contributed by atoms with Gasteiger partial charge < -0.3 is 20.1 Å². The van der Waals surface area contributed by atoms with Crippen LogP contribution in [0, 0.1) is 5.92 Å². The molecule has 14 heavy (non-hydrogen) atoms. The molecule has 0 aromatic carbocycles. The van der Waals surface area contributed by atoms with Crippen LogP contribution in [0.3, 0.4) is 0 Å². The number of carboxylic acid groups (broad SMARTS) is 3. The number of hydrogen-bond acceptors (Lipinski definition) is 4. The molecule has 0 aliphatic rings. The number of carboxylic acids is 3. The normalized spacial score (nSPS) is 14.4. The van der Waals surface area contributed by atoms with E-state index >= 15 is 0 Å². The summed E-state index contributed by atoms with van der Waals surface area (Å²) < 4.78 is 4.39. The standard InChI is InChI=1S/C7H10O7/c1-14-5(7(12)13)3(6(10)11)2-4(8)9/h3,5H,2H2,1H3,(H,8,9)(H,10,11)(H,12,13). The molecule has 0 radical (unpaired) electrons. The molecule has 3 N–H and O–H groups in total. The number of rotatable bonds is 6. The molecule has 0 amide bonds. The lowest BCUT2D eigenvalue weighted by atomic mass is 9.99. The first-order valence-electron chi connectivity index (χ1n) is 3.60. The van der Waals surface area contributed by atoms with Gasteiger partial charge in [-0.15, -0.1) is 0 Å². The van der Waals surface area contributed by atoms with Crippen LogP contribution in [0.25, 0.3) is 0 Å². The highest BCUT2D eigenvalue weighted by Crippen LogP contribution is 2.13. The van der Waals surface area contributed by atoms with Crippen molar-refractivity contribution >= 4 is 17.9 Å². The van der Waals surface area contributed by atoms with E-state index in [2.05, 4.69) is 4.74 Å². The third-order valence-electron chi connectivity index (χ3n) is 1.57. The summed E-state index contributed by atoms with van der Waals surface area (Å²) in [7, 11) is 1.01. The summed E-state index contributed by atoms with van der Waals surface area (Å²) in [5, 5.41) is 25.4. The molecule has 0 aromatic heterocycles. The lowest BCUT2D eigenvalue weighted by Crippen LogP contribution is -2.37. The quantitative estimate of drug-likeness (QED) is 0.523. The van der Waals surface area contributed by atoms with Crippen molar-refractivity contribution in [2.24, 2.45) is 5.92 Å². The molecule has 0 saturated heterocycles. The average molecular weight is 206 g/mol. The fourth-order valence-electron chi connectivity index (χ4n) is 0.949. The van der Waals surface area contributed by atoms with Gasteiger partial charge in [-0.05, 0) is 0 Å². The van der Waals surface area contributed by atoms with Gasteiger partial charge in [-0.25, -0.2) is 4.79 Å². The smallest absolute Gasteiger partial charge is 0.333 e. The summed E-state index contributed by atoms with van der Waals surface area (Å²) in [6.07, 6.45) is -2.44. The summed E-state index contributed by atoms with van der Waals surface area (Å²) in [6.45, 7) is 0. The Bertz CT molecular complexity index is 246. The Balaban J connectivity index is 4.69. The Morgan fingerprint density at radius 1 is 1.14 bits per heavy atom. The Morgan fingerprint density at radius 2 is 1.64 bits per heavy atom. The van der Waals surface area contributed by atoms with Crippen LogP contribution in [0.1, 0.15) is 6.42 Å². The first kappa shape index (κ1) is 12.4. The summed E-state index contributed by atoms with van der Waals surface area (Å²) in [5.41, 5.74) is 0. The Morgan fingerprint density at radius 3 is 1.86 bits per heavy atom. The molecule has 0 aromatic rings. The molecule has 0 bridgehead atoms. The molecule has 0 aliphatic carbocycles. The first-order chi connectivity index (χ1) is 6.40.